The molecule has 6 nitrogen and oxygen atoms in total. The Hall–Kier alpha value is -2.11. The summed E-state index contributed by atoms with van der Waals surface area (Å²) < 4.78 is 0. The Morgan fingerprint density at radius 1 is 1.40 bits per heavy atom. The third kappa shape index (κ3) is 4.22. The van der Waals surface area contributed by atoms with E-state index in [1.165, 1.54) is 6.07 Å². The zero-order valence-electron chi connectivity index (χ0n) is 11.5. The third-order valence-corrected chi connectivity index (χ3v) is 3.00. The lowest BCUT2D eigenvalue weighted by atomic mass is 10.1. The number of hydrogen-bond donors (Lipinski definition) is 3. The number of aryl methyl sites for hydroxylation is 1. The van der Waals surface area contributed by atoms with Gasteiger partial charge in [0.2, 0.25) is 5.91 Å². The van der Waals surface area contributed by atoms with E-state index in [1.54, 1.807) is 6.07 Å². The Morgan fingerprint density at radius 2 is 2.15 bits per heavy atom. The van der Waals surface area contributed by atoms with Crippen molar-refractivity contribution in [1.82, 2.24) is 10.3 Å². The molecule has 0 saturated heterocycles. The van der Waals surface area contributed by atoms with Crippen LogP contribution < -0.4 is 10.6 Å². The van der Waals surface area contributed by atoms with Gasteiger partial charge < -0.3 is 15.7 Å². The van der Waals surface area contributed by atoms with E-state index >= 15 is 0 Å². The van der Waals surface area contributed by atoms with E-state index in [2.05, 4.69) is 15.6 Å². The Kier molecular flexibility index (Phi) is 4.55. The van der Waals surface area contributed by atoms with Gasteiger partial charge in [0.15, 0.2) is 0 Å². The van der Waals surface area contributed by atoms with Crippen LogP contribution in [0.15, 0.2) is 12.1 Å². The van der Waals surface area contributed by atoms with Crippen molar-refractivity contribution < 1.29 is 14.7 Å². The molecule has 3 N–H and O–H groups in total. The van der Waals surface area contributed by atoms with Crippen LogP contribution in [0.4, 0.5) is 5.82 Å². The molecule has 0 unspecified atom stereocenters. The SMILES string of the molecule is CCCc1cc(C(=O)O)cc(NCC(=O)NC2CC2)n1. The van der Waals surface area contributed by atoms with Gasteiger partial charge in [0.25, 0.3) is 0 Å². The summed E-state index contributed by atoms with van der Waals surface area (Å²) in [6.45, 7) is 2.11. The highest BCUT2D eigenvalue weighted by molar-refractivity contribution is 5.89. The highest BCUT2D eigenvalue weighted by Gasteiger charge is 2.22. The maximum absolute atomic E-state index is 11.6. The Labute approximate surface area is 117 Å². The number of anilines is 1. The molecule has 1 amide bonds. The van der Waals surface area contributed by atoms with Crippen LogP contribution in [0.1, 0.15) is 42.2 Å². The van der Waals surface area contributed by atoms with E-state index in [-0.39, 0.29) is 18.0 Å². The number of nitrogens with one attached hydrogen (secondary N) is 2. The molecule has 1 aromatic heterocycles. The summed E-state index contributed by atoms with van der Waals surface area (Å²) >= 11 is 0. The van der Waals surface area contributed by atoms with Gasteiger partial charge in [-0.1, -0.05) is 13.3 Å². The van der Waals surface area contributed by atoms with Crippen molar-refractivity contribution in [2.24, 2.45) is 0 Å². The third-order valence-electron chi connectivity index (χ3n) is 3.00. The number of aromatic carboxylic acids is 1. The molecule has 1 fully saturated rings. The van der Waals surface area contributed by atoms with Gasteiger partial charge in [-0.15, -0.1) is 0 Å². The highest BCUT2D eigenvalue weighted by Crippen LogP contribution is 2.18. The van der Waals surface area contributed by atoms with Crippen LogP contribution in [-0.4, -0.2) is 34.6 Å². The lowest BCUT2D eigenvalue weighted by molar-refractivity contribution is -0.119. The zero-order valence-corrected chi connectivity index (χ0v) is 11.5. The molecule has 1 saturated carbocycles. The van der Waals surface area contributed by atoms with Crippen LogP contribution in [-0.2, 0) is 11.2 Å². The summed E-state index contributed by atoms with van der Waals surface area (Å²) in [7, 11) is 0. The van der Waals surface area contributed by atoms with Gasteiger partial charge in [0, 0.05) is 11.7 Å². The van der Waals surface area contributed by atoms with Crippen molar-refractivity contribution in [2.75, 3.05) is 11.9 Å². The van der Waals surface area contributed by atoms with E-state index in [0.29, 0.717) is 18.3 Å². The molecule has 1 heterocycles. The summed E-state index contributed by atoms with van der Waals surface area (Å²) in [5.41, 5.74) is 0.908. The molecular weight excluding hydrogens is 258 g/mol. The number of amides is 1. The molecule has 0 radical (unpaired) electrons. The molecule has 20 heavy (non-hydrogen) atoms. The molecular formula is C14H19N3O3. The van der Waals surface area contributed by atoms with Crippen LogP contribution in [0.2, 0.25) is 0 Å². The molecule has 2 rings (SSSR count). The first-order chi connectivity index (χ1) is 9.58. The second kappa shape index (κ2) is 6.36. The normalized spacial score (nSPS) is 13.8. The number of carboxylic acid groups (broad SMARTS) is 1. The lowest BCUT2D eigenvalue weighted by Gasteiger charge is -2.09. The first kappa shape index (κ1) is 14.3. The number of rotatable bonds is 7. The van der Waals surface area contributed by atoms with Crippen molar-refractivity contribution in [1.29, 1.82) is 0 Å². The molecule has 1 aliphatic carbocycles. The molecule has 0 atom stereocenters. The fourth-order valence-corrected chi connectivity index (χ4v) is 1.86. The molecule has 1 aromatic rings. The minimum Gasteiger partial charge on any atom is -0.478 e. The maximum atomic E-state index is 11.6. The standard InChI is InChI=1S/C14H19N3O3/c1-2-3-11-6-9(14(19)20)7-12(16-11)15-8-13(18)17-10-4-5-10/h6-7,10H,2-5,8H2,1H3,(H,15,16)(H,17,18)(H,19,20). The number of pyridine rings is 1. The van der Waals surface area contributed by atoms with Crippen LogP contribution in [0.5, 0.6) is 0 Å². The second-order valence-electron chi connectivity index (χ2n) is 4.98. The van der Waals surface area contributed by atoms with Crippen molar-refractivity contribution in [2.45, 2.75) is 38.6 Å². The van der Waals surface area contributed by atoms with E-state index in [4.69, 9.17) is 5.11 Å². The van der Waals surface area contributed by atoms with E-state index < -0.39 is 5.97 Å². The van der Waals surface area contributed by atoms with Gasteiger partial charge in [-0.25, -0.2) is 9.78 Å². The van der Waals surface area contributed by atoms with Crippen LogP contribution in [0, 0.1) is 0 Å². The summed E-state index contributed by atoms with van der Waals surface area (Å²) in [4.78, 5) is 27.0. The average molecular weight is 277 g/mol. The van der Waals surface area contributed by atoms with E-state index in [1.807, 2.05) is 6.92 Å². The quantitative estimate of drug-likeness (QED) is 0.701. The molecule has 0 bridgehead atoms. The number of aromatic nitrogens is 1. The number of carboxylic acids is 1. The summed E-state index contributed by atoms with van der Waals surface area (Å²) in [6.07, 6.45) is 3.68. The Morgan fingerprint density at radius 3 is 2.75 bits per heavy atom. The van der Waals surface area contributed by atoms with Crippen molar-refractivity contribution in [3.63, 3.8) is 0 Å². The maximum Gasteiger partial charge on any atom is 0.335 e. The minimum absolute atomic E-state index is 0.0907. The molecule has 108 valence electrons. The van der Waals surface area contributed by atoms with Crippen molar-refractivity contribution in [3.8, 4) is 0 Å². The van der Waals surface area contributed by atoms with E-state index in [9.17, 15) is 9.59 Å². The summed E-state index contributed by atoms with van der Waals surface area (Å²) in [5, 5.41) is 14.8. The summed E-state index contributed by atoms with van der Waals surface area (Å²) in [5.74, 6) is -0.651. The first-order valence-electron chi connectivity index (χ1n) is 6.86. The second-order valence-corrected chi connectivity index (χ2v) is 4.98. The number of carbonyl (C=O) groups excluding carboxylic acids is 1. The van der Waals surface area contributed by atoms with Crippen LogP contribution in [0.3, 0.4) is 0 Å². The first-order valence-corrected chi connectivity index (χ1v) is 6.86. The van der Waals surface area contributed by atoms with Gasteiger partial charge in [0.05, 0.1) is 12.1 Å². The number of nitrogens with zero attached hydrogens (tertiary/aromatic N) is 1. The number of carbonyl (C=O) groups is 2. The molecule has 0 aliphatic heterocycles. The van der Waals surface area contributed by atoms with E-state index in [0.717, 1.165) is 25.0 Å². The van der Waals surface area contributed by atoms with Crippen molar-refractivity contribution in [3.05, 3.63) is 23.4 Å². The molecule has 6 heteroatoms. The van der Waals surface area contributed by atoms with Gasteiger partial charge in [-0.3, -0.25) is 4.79 Å². The number of hydrogen-bond acceptors (Lipinski definition) is 4. The van der Waals surface area contributed by atoms with Crippen molar-refractivity contribution >= 4 is 17.7 Å². The predicted molar refractivity (Wildman–Crippen MR) is 74.8 cm³/mol. The molecule has 0 aromatic carbocycles. The van der Waals surface area contributed by atoms with Gasteiger partial charge >= 0.3 is 5.97 Å². The van der Waals surface area contributed by atoms with Gasteiger partial charge in [-0.05, 0) is 31.4 Å². The Balaban J connectivity index is 2.00. The minimum atomic E-state index is -0.991. The average Bonchev–Trinajstić information content (AvgIpc) is 3.20. The highest BCUT2D eigenvalue weighted by atomic mass is 16.4. The van der Waals surface area contributed by atoms with Crippen LogP contribution in [0.25, 0.3) is 0 Å². The largest absolute Gasteiger partial charge is 0.478 e. The monoisotopic (exact) mass is 277 g/mol. The molecule has 0 spiro atoms. The topological polar surface area (TPSA) is 91.3 Å². The zero-order chi connectivity index (χ0) is 14.5. The predicted octanol–water partition coefficient (Wildman–Crippen LogP) is 1.42. The van der Waals surface area contributed by atoms with Gasteiger partial charge in [0.1, 0.15) is 5.82 Å². The fraction of sp³-hybridized carbons (Fsp3) is 0.500. The molecule has 1 aliphatic rings. The lowest BCUT2D eigenvalue weighted by Crippen LogP contribution is -2.31. The summed E-state index contributed by atoms with van der Waals surface area (Å²) in [6, 6.07) is 3.34. The van der Waals surface area contributed by atoms with Crippen LogP contribution >= 0.6 is 0 Å². The smallest absolute Gasteiger partial charge is 0.335 e. The van der Waals surface area contributed by atoms with Gasteiger partial charge in [-0.2, -0.15) is 0 Å². The fourth-order valence-electron chi connectivity index (χ4n) is 1.86. The Bertz CT molecular complexity index is 512.